The van der Waals surface area contributed by atoms with Crippen molar-refractivity contribution in [3.63, 3.8) is 0 Å². The fourth-order valence-corrected chi connectivity index (χ4v) is 4.03. The molecule has 1 unspecified atom stereocenters. The molecule has 0 radical (unpaired) electrons. The van der Waals surface area contributed by atoms with E-state index < -0.39 is 48.1 Å². The third-order valence-corrected chi connectivity index (χ3v) is 5.82. The number of ether oxygens (including phenoxy) is 1. The molecular weight excluding hydrogens is 498 g/mol. The van der Waals surface area contributed by atoms with E-state index in [0.717, 1.165) is 11.1 Å². The number of hydrogen-bond acceptors (Lipinski definition) is 3. The average Bonchev–Trinajstić information content (AvgIpc) is 2.84. The molecule has 0 bridgehead atoms. The van der Waals surface area contributed by atoms with E-state index in [-0.39, 0.29) is 24.2 Å². The number of benzene rings is 3. The Morgan fingerprint density at radius 2 is 1.30 bits per heavy atom. The van der Waals surface area contributed by atoms with Gasteiger partial charge in [0.15, 0.2) is 0 Å². The van der Waals surface area contributed by atoms with Gasteiger partial charge < -0.3 is 15.8 Å². The summed E-state index contributed by atoms with van der Waals surface area (Å²) in [6.07, 6.45) is -9.91. The van der Waals surface area contributed by atoms with Crippen molar-refractivity contribution in [3.8, 4) is 0 Å². The van der Waals surface area contributed by atoms with Crippen LogP contribution in [0.25, 0.3) is 0 Å². The molecule has 0 fully saturated rings. The minimum absolute atomic E-state index is 0.0727. The van der Waals surface area contributed by atoms with E-state index in [2.05, 4.69) is 5.32 Å². The summed E-state index contributed by atoms with van der Waals surface area (Å²) in [6.45, 7) is 0.918. The minimum Gasteiger partial charge on any atom is -0.375 e. The third-order valence-electron chi connectivity index (χ3n) is 5.82. The molecule has 4 nitrogen and oxygen atoms in total. The number of rotatable bonds is 10. The van der Waals surface area contributed by atoms with Gasteiger partial charge in [-0.25, -0.2) is 0 Å². The van der Waals surface area contributed by atoms with Crippen molar-refractivity contribution in [2.45, 2.75) is 43.9 Å². The second-order valence-corrected chi connectivity index (χ2v) is 8.63. The SMILES string of the molecule is CC(N[C@H](COCc1cc(C(F)(F)F)cc(C(F)(F)F)c1)C(c1ccccc1)c1ccccc1)C(N)=O. The number of carbonyl (C=O) groups excluding carboxylic acids is 1. The predicted molar refractivity (Wildman–Crippen MR) is 126 cm³/mol. The highest BCUT2D eigenvalue weighted by Gasteiger charge is 2.37. The molecule has 3 aromatic rings. The van der Waals surface area contributed by atoms with Crippen LogP contribution in [0, 0.1) is 0 Å². The fraction of sp³-hybridized carbons (Fsp3) is 0.296. The van der Waals surface area contributed by atoms with Crippen molar-refractivity contribution in [1.29, 1.82) is 0 Å². The van der Waals surface area contributed by atoms with Gasteiger partial charge in [0.05, 0.1) is 30.4 Å². The summed E-state index contributed by atoms with van der Waals surface area (Å²) in [6, 6.07) is 18.5. The van der Waals surface area contributed by atoms with Gasteiger partial charge in [0.25, 0.3) is 0 Å². The lowest BCUT2D eigenvalue weighted by Gasteiger charge is -2.31. The van der Waals surface area contributed by atoms with Gasteiger partial charge in [0.1, 0.15) is 0 Å². The van der Waals surface area contributed by atoms with Gasteiger partial charge >= 0.3 is 12.4 Å². The second kappa shape index (κ2) is 11.8. The van der Waals surface area contributed by atoms with Crippen molar-refractivity contribution in [1.82, 2.24) is 5.32 Å². The van der Waals surface area contributed by atoms with Crippen LogP contribution in [-0.2, 0) is 28.5 Å². The van der Waals surface area contributed by atoms with Crippen LogP contribution in [0.1, 0.15) is 40.7 Å². The highest BCUT2D eigenvalue weighted by molar-refractivity contribution is 5.79. The number of halogens is 6. The molecule has 3 aromatic carbocycles. The third kappa shape index (κ3) is 7.80. The lowest BCUT2D eigenvalue weighted by atomic mass is 9.85. The van der Waals surface area contributed by atoms with E-state index in [4.69, 9.17) is 10.5 Å². The fourth-order valence-electron chi connectivity index (χ4n) is 4.03. The summed E-state index contributed by atoms with van der Waals surface area (Å²) in [7, 11) is 0. The summed E-state index contributed by atoms with van der Waals surface area (Å²) in [5.74, 6) is -0.992. The van der Waals surface area contributed by atoms with Gasteiger partial charge in [-0.15, -0.1) is 0 Å². The summed E-state index contributed by atoms with van der Waals surface area (Å²) in [5, 5.41) is 3.11. The average molecular weight is 525 g/mol. The zero-order chi connectivity index (χ0) is 27.2. The Morgan fingerprint density at radius 1 is 0.838 bits per heavy atom. The summed E-state index contributed by atoms with van der Waals surface area (Å²) >= 11 is 0. The number of hydrogen-bond donors (Lipinski definition) is 2. The van der Waals surface area contributed by atoms with Crippen LogP contribution >= 0.6 is 0 Å². The maximum Gasteiger partial charge on any atom is 0.416 e. The molecule has 0 aliphatic carbocycles. The van der Waals surface area contributed by atoms with Gasteiger partial charge in [0.2, 0.25) is 5.91 Å². The number of primary amides is 1. The zero-order valence-electron chi connectivity index (χ0n) is 19.8. The largest absolute Gasteiger partial charge is 0.416 e. The van der Waals surface area contributed by atoms with Gasteiger partial charge in [-0.3, -0.25) is 4.79 Å². The quantitative estimate of drug-likeness (QED) is 0.325. The molecule has 3 rings (SSSR count). The lowest BCUT2D eigenvalue weighted by molar-refractivity contribution is -0.143. The highest BCUT2D eigenvalue weighted by atomic mass is 19.4. The Hall–Kier alpha value is -3.37. The van der Waals surface area contributed by atoms with Gasteiger partial charge in [-0.1, -0.05) is 60.7 Å². The summed E-state index contributed by atoms with van der Waals surface area (Å²) in [4.78, 5) is 11.8. The van der Waals surface area contributed by atoms with Crippen LogP contribution in [-0.4, -0.2) is 24.6 Å². The molecule has 2 atom stereocenters. The standard InChI is InChI=1S/C27H26F6N2O2/c1-17(25(34)36)35-23(24(19-8-4-2-5-9-19)20-10-6-3-7-11-20)16-37-15-18-12-21(26(28,29)30)14-22(13-18)27(31,32)33/h2-14,17,23-24,35H,15-16H2,1H3,(H2,34,36)/t17?,23-/m1/s1. The first-order valence-electron chi connectivity index (χ1n) is 11.4. The first-order chi connectivity index (χ1) is 17.4. The number of nitrogens with one attached hydrogen (secondary N) is 1. The van der Waals surface area contributed by atoms with Gasteiger partial charge in [-0.05, 0) is 41.8 Å². The highest BCUT2D eigenvalue weighted by Crippen LogP contribution is 2.36. The summed E-state index contributed by atoms with van der Waals surface area (Å²) < 4.78 is 85.0. The van der Waals surface area contributed by atoms with Gasteiger partial charge in [0, 0.05) is 12.0 Å². The molecule has 198 valence electrons. The molecule has 37 heavy (non-hydrogen) atoms. The number of nitrogens with two attached hydrogens (primary N) is 1. The normalized spacial score (nSPS) is 13.9. The smallest absolute Gasteiger partial charge is 0.375 e. The van der Waals surface area contributed by atoms with Crippen LogP contribution < -0.4 is 11.1 Å². The number of alkyl halides is 6. The molecule has 0 saturated heterocycles. The van der Waals surface area contributed by atoms with E-state index in [9.17, 15) is 31.1 Å². The molecule has 0 spiro atoms. The Labute approximate surface area is 210 Å². The topological polar surface area (TPSA) is 64.3 Å². The van der Waals surface area contributed by atoms with E-state index in [0.29, 0.717) is 12.1 Å². The van der Waals surface area contributed by atoms with Crippen LogP contribution in [0.3, 0.4) is 0 Å². The first kappa shape index (κ1) is 28.2. The molecule has 10 heteroatoms. The first-order valence-corrected chi connectivity index (χ1v) is 11.4. The molecule has 0 aromatic heterocycles. The number of carbonyl (C=O) groups is 1. The molecular formula is C27H26F6N2O2. The molecule has 0 aliphatic rings. The van der Waals surface area contributed by atoms with Crippen LogP contribution in [0.15, 0.2) is 78.9 Å². The van der Waals surface area contributed by atoms with E-state index in [1.54, 1.807) is 6.92 Å². The van der Waals surface area contributed by atoms with Crippen molar-refractivity contribution in [2.75, 3.05) is 6.61 Å². The predicted octanol–water partition coefficient (Wildman–Crippen LogP) is 5.90. The number of amides is 1. The molecule has 0 heterocycles. The molecule has 0 saturated carbocycles. The van der Waals surface area contributed by atoms with Gasteiger partial charge in [-0.2, -0.15) is 26.3 Å². The van der Waals surface area contributed by atoms with Crippen LogP contribution in [0.2, 0.25) is 0 Å². The van der Waals surface area contributed by atoms with E-state index in [1.165, 1.54) is 0 Å². The molecule has 0 aliphatic heterocycles. The molecule has 1 amide bonds. The zero-order valence-corrected chi connectivity index (χ0v) is 19.8. The Morgan fingerprint density at radius 3 is 1.70 bits per heavy atom. The minimum atomic E-state index is -4.96. The summed E-state index contributed by atoms with van der Waals surface area (Å²) in [5.41, 5.74) is 4.07. The Kier molecular flexibility index (Phi) is 8.98. The Bertz CT molecular complexity index is 1100. The Balaban J connectivity index is 1.91. The van der Waals surface area contributed by atoms with E-state index >= 15 is 0 Å². The van der Waals surface area contributed by atoms with Crippen molar-refractivity contribution >= 4 is 5.91 Å². The van der Waals surface area contributed by atoms with Crippen LogP contribution in [0.4, 0.5) is 26.3 Å². The second-order valence-electron chi connectivity index (χ2n) is 8.63. The van der Waals surface area contributed by atoms with Crippen LogP contribution in [0.5, 0.6) is 0 Å². The van der Waals surface area contributed by atoms with Crippen molar-refractivity contribution in [3.05, 3.63) is 107 Å². The monoisotopic (exact) mass is 524 g/mol. The lowest BCUT2D eigenvalue weighted by Crippen LogP contribution is -2.49. The maximum absolute atomic E-state index is 13.2. The van der Waals surface area contributed by atoms with Crippen molar-refractivity contribution in [2.24, 2.45) is 5.73 Å². The maximum atomic E-state index is 13.2. The molecule has 3 N–H and O–H groups in total. The van der Waals surface area contributed by atoms with E-state index in [1.807, 2.05) is 60.7 Å². The van der Waals surface area contributed by atoms with Crippen molar-refractivity contribution < 1.29 is 35.9 Å².